The number of carbonyl (C=O) groups excluding carboxylic acids is 2. The molecule has 1 unspecified atom stereocenters. The van der Waals surface area contributed by atoms with Crippen molar-refractivity contribution in [3.8, 4) is 0 Å². The highest BCUT2D eigenvalue weighted by atomic mass is 79.9. The minimum absolute atomic E-state index is 0.0629. The Morgan fingerprint density at radius 1 is 1.56 bits per heavy atom. The van der Waals surface area contributed by atoms with Crippen LogP contribution in [0.4, 0.5) is 0 Å². The van der Waals surface area contributed by atoms with Gasteiger partial charge >= 0.3 is 0 Å². The number of nitrogens with one attached hydrogen (secondary N) is 1. The fourth-order valence-electron chi connectivity index (χ4n) is 2.15. The molecule has 1 aliphatic heterocycles. The van der Waals surface area contributed by atoms with Gasteiger partial charge in [-0.15, -0.1) is 0 Å². The normalized spacial score (nSPS) is 19.6. The van der Waals surface area contributed by atoms with Crippen molar-refractivity contribution in [3.63, 3.8) is 0 Å². The molecular weight excluding hydrogens is 296 g/mol. The zero-order valence-electron chi connectivity index (χ0n) is 10.1. The Kier molecular flexibility index (Phi) is 4.01. The van der Waals surface area contributed by atoms with Crippen LogP contribution >= 0.6 is 15.9 Å². The highest BCUT2D eigenvalue weighted by Crippen LogP contribution is 2.17. The van der Waals surface area contributed by atoms with Crippen LogP contribution in [0.5, 0.6) is 0 Å². The van der Waals surface area contributed by atoms with Gasteiger partial charge in [-0.3, -0.25) is 9.59 Å². The van der Waals surface area contributed by atoms with Crippen LogP contribution in [0, 0.1) is 0 Å². The van der Waals surface area contributed by atoms with Gasteiger partial charge in [0.2, 0.25) is 5.91 Å². The lowest BCUT2D eigenvalue weighted by Gasteiger charge is -2.34. The summed E-state index contributed by atoms with van der Waals surface area (Å²) < 4.78 is 0.864. The number of hydrogen-bond acceptors (Lipinski definition) is 2. The molecule has 0 spiro atoms. The number of rotatable bonds is 2. The molecule has 2 amide bonds. The molecule has 96 valence electrons. The zero-order chi connectivity index (χ0) is 13.1. The standard InChI is InChI=1S/C13H15BrN2O2/c1-2-11-12(17)15-6-7-16(11)13(18)9-4-3-5-10(14)8-9/h3-5,8,11H,2,6-7H2,1H3,(H,15,17). The lowest BCUT2D eigenvalue weighted by molar-refractivity contribution is -0.127. The molecular formula is C13H15BrN2O2. The molecule has 2 rings (SSSR count). The number of piperazine rings is 1. The Bertz CT molecular complexity index is 476. The van der Waals surface area contributed by atoms with Crippen LogP contribution in [-0.2, 0) is 4.79 Å². The molecule has 1 heterocycles. The summed E-state index contributed by atoms with van der Waals surface area (Å²) in [7, 11) is 0. The SMILES string of the molecule is CCC1C(=O)NCCN1C(=O)c1cccc(Br)c1. The fraction of sp³-hybridized carbons (Fsp3) is 0.385. The summed E-state index contributed by atoms with van der Waals surface area (Å²) in [5.41, 5.74) is 0.609. The number of benzene rings is 1. The van der Waals surface area contributed by atoms with E-state index in [1.165, 1.54) is 0 Å². The molecule has 0 bridgehead atoms. The molecule has 1 aromatic rings. The zero-order valence-corrected chi connectivity index (χ0v) is 11.7. The molecule has 1 fully saturated rings. The molecule has 5 heteroatoms. The van der Waals surface area contributed by atoms with E-state index in [0.717, 1.165) is 4.47 Å². The van der Waals surface area contributed by atoms with Gasteiger partial charge in [0.15, 0.2) is 0 Å². The predicted molar refractivity (Wildman–Crippen MR) is 72.3 cm³/mol. The predicted octanol–water partition coefficient (Wildman–Crippen LogP) is 1.80. The highest BCUT2D eigenvalue weighted by Gasteiger charge is 2.31. The van der Waals surface area contributed by atoms with E-state index in [2.05, 4.69) is 21.2 Å². The van der Waals surface area contributed by atoms with Gasteiger partial charge in [0, 0.05) is 23.1 Å². The monoisotopic (exact) mass is 310 g/mol. The van der Waals surface area contributed by atoms with Crippen LogP contribution in [-0.4, -0.2) is 35.8 Å². The van der Waals surface area contributed by atoms with E-state index in [4.69, 9.17) is 0 Å². The average Bonchev–Trinajstić information content (AvgIpc) is 2.37. The molecule has 0 aliphatic carbocycles. The minimum Gasteiger partial charge on any atom is -0.353 e. The van der Waals surface area contributed by atoms with E-state index in [0.29, 0.717) is 25.1 Å². The fourth-order valence-corrected chi connectivity index (χ4v) is 2.55. The van der Waals surface area contributed by atoms with Gasteiger partial charge in [0.1, 0.15) is 6.04 Å². The third-order valence-corrected chi connectivity index (χ3v) is 3.54. The van der Waals surface area contributed by atoms with Crippen LogP contribution in [0.15, 0.2) is 28.7 Å². The lowest BCUT2D eigenvalue weighted by atomic mass is 10.1. The van der Waals surface area contributed by atoms with Crippen molar-refractivity contribution in [1.82, 2.24) is 10.2 Å². The molecule has 1 saturated heterocycles. The Morgan fingerprint density at radius 3 is 3.00 bits per heavy atom. The van der Waals surface area contributed by atoms with Crippen molar-refractivity contribution in [2.75, 3.05) is 13.1 Å². The summed E-state index contributed by atoms with van der Waals surface area (Å²) in [6, 6.07) is 6.89. The van der Waals surface area contributed by atoms with Gasteiger partial charge in [0.05, 0.1) is 0 Å². The first-order chi connectivity index (χ1) is 8.63. The number of carbonyl (C=O) groups is 2. The number of hydrogen-bond donors (Lipinski definition) is 1. The number of halogens is 1. The topological polar surface area (TPSA) is 49.4 Å². The van der Waals surface area contributed by atoms with Crippen LogP contribution in [0.3, 0.4) is 0 Å². The maximum absolute atomic E-state index is 12.4. The maximum atomic E-state index is 12.4. The molecule has 18 heavy (non-hydrogen) atoms. The van der Waals surface area contributed by atoms with Gasteiger partial charge in [0.25, 0.3) is 5.91 Å². The summed E-state index contributed by atoms with van der Waals surface area (Å²) in [6.07, 6.45) is 0.631. The highest BCUT2D eigenvalue weighted by molar-refractivity contribution is 9.10. The third kappa shape index (κ3) is 2.56. The molecule has 0 aromatic heterocycles. The molecule has 1 aliphatic rings. The second kappa shape index (κ2) is 5.52. The summed E-state index contributed by atoms with van der Waals surface area (Å²) in [4.78, 5) is 25.8. The second-order valence-corrected chi connectivity index (χ2v) is 5.14. The van der Waals surface area contributed by atoms with Gasteiger partial charge in [-0.1, -0.05) is 28.9 Å². The Balaban J connectivity index is 2.24. The lowest BCUT2D eigenvalue weighted by Crippen LogP contribution is -2.56. The summed E-state index contributed by atoms with van der Waals surface area (Å²) >= 11 is 3.35. The quantitative estimate of drug-likeness (QED) is 0.905. The maximum Gasteiger partial charge on any atom is 0.254 e. The second-order valence-electron chi connectivity index (χ2n) is 4.22. The first-order valence-corrected chi connectivity index (χ1v) is 6.77. The first kappa shape index (κ1) is 13.1. The summed E-state index contributed by atoms with van der Waals surface area (Å²) in [6.45, 7) is 3.00. The summed E-state index contributed by atoms with van der Waals surface area (Å²) in [5, 5.41) is 2.79. The average molecular weight is 311 g/mol. The van der Waals surface area contributed by atoms with Crippen molar-refractivity contribution in [3.05, 3.63) is 34.3 Å². The minimum atomic E-state index is -0.356. The summed E-state index contributed by atoms with van der Waals surface area (Å²) in [5.74, 6) is -0.148. The first-order valence-electron chi connectivity index (χ1n) is 5.97. The van der Waals surface area contributed by atoms with Crippen molar-refractivity contribution in [2.24, 2.45) is 0 Å². The van der Waals surface area contributed by atoms with E-state index in [1.807, 2.05) is 19.1 Å². The van der Waals surface area contributed by atoms with E-state index in [1.54, 1.807) is 17.0 Å². The van der Waals surface area contributed by atoms with E-state index < -0.39 is 0 Å². The number of amides is 2. The largest absolute Gasteiger partial charge is 0.353 e. The molecule has 0 saturated carbocycles. The van der Waals surface area contributed by atoms with E-state index in [9.17, 15) is 9.59 Å². The molecule has 0 radical (unpaired) electrons. The van der Waals surface area contributed by atoms with Gasteiger partial charge in [-0.25, -0.2) is 0 Å². The van der Waals surface area contributed by atoms with Gasteiger partial charge in [-0.2, -0.15) is 0 Å². The molecule has 1 aromatic carbocycles. The van der Waals surface area contributed by atoms with Crippen molar-refractivity contribution in [1.29, 1.82) is 0 Å². The molecule has 1 atom stereocenters. The van der Waals surface area contributed by atoms with E-state index in [-0.39, 0.29) is 17.9 Å². The van der Waals surface area contributed by atoms with Crippen LogP contribution in [0.2, 0.25) is 0 Å². The Labute approximate surface area is 114 Å². The van der Waals surface area contributed by atoms with Crippen molar-refractivity contribution < 1.29 is 9.59 Å². The molecule has 1 N–H and O–H groups in total. The smallest absolute Gasteiger partial charge is 0.254 e. The van der Waals surface area contributed by atoms with Gasteiger partial charge in [-0.05, 0) is 24.6 Å². The van der Waals surface area contributed by atoms with E-state index >= 15 is 0 Å². The number of nitrogens with zero attached hydrogens (tertiary/aromatic N) is 1. The Hall–Kier alpha value is -1.36. The molecule has 4 nitrogen and oxygen atoms in total. The Morgan fingerprint density at radius 2 is 2.33 bits per heavy atom. The van der Waals surface area contributed by atoms with Crippen LogP contribution in [0.25, 0.3) is 0 Å². The van der Waals surface area contributed by atoms with Crippen molar-refractivity contribution >= 4 is 27.7 Å². The third-order valence-electron chi connectivity index (χ3n) is 3.05. The van der Waals surface area contributed by atoms with Crippen molar-refractivity contribution in [2.45, 2.75) is 19.4 Å². The van der Waals surface area contributed by atoms with Gasteiger partial charge < -0.3 is 10.2 Å². The van der Waals surface area contributed by atoms with Crippen LogP contribution in [0.1, 0.15) is 23.7 Å². The van der Waals surface area contributed by atoms with Crippen LogP contribution < -0.4 is 5.32 Å².